The van der Waals surface area contributed by atoms with E-state index in [4.69, 9.17) is 5.11 Å². The summed E-state index contributed by atoms with van der Waals surface area (Å²) in [5.74, 6) is 1.24. The highest BCUT2D eigenvalue weighted by molar-refractivity contribution is 7.99. The molecular formula is C13H22N2O3S. The number of aliphatic carboxylic acids is 1. The number of rotatable bonds is 3. The number of nitrogens with zero attached hydrogens (tertiary/aromatic N) is 1. The third-order valence-electron chi connectivity index (χ3n) is 4.23. The molecule has 1 heterocycles. The first-order chi connectivity index (χ1) is 9.09. The minimum absolute atomic E-state index is 0.227. The van der Waals surface area contributed by atoms with Crippen molar-refractivity contribution in [3.8, 4) is 0 Å². The van der Waals surface area contributed by atoms with Crippen LogP contribution in [-0.4, -0.2) is 46.2 Å². The molecule has 3 atom stereocenters. The number of carboxylic acid groups (broad SMARTS) is 1. The molecule has 2 aliphatic rings. The van der Waals surface area contributed by atoms with E-state index in [0.29, 0.717) is 30.0 Å². The van der Waals surface area contributed by atoms with E-state index in [2.05, 4.69) is 12.2 Å². The van der Waals surface area contributed by atoms with Crippen molar-refractivity contribution >= 4 is 23.8 Å². The molecule has 5 nitrogen and oxygen atoms in total. The molecule has 0 bridgehead atoms. The smallest absolute Gasteiger partial charge is 0.327 e. The fourth-order valence-electron chi connectivity index (χ4n) is 2.86. The van der Waals surface area contributed by atoms with Crippen LogP contribution in [0.5, 0.6) is 0 Å². The lowest BCUT2D eigenvalue weighted by atomic mass is 9.80. The number of carbonyl (C=O) groups is 2. The molecule has 1 aliphatic heterocycles. The van der Waals surface area contributed by atoms with Crippen LogP contribution >= 0.6 is 11.8 Å². The van der Waals surface area contributed by atoms with Crippen LogP contribution in [0.4, 0.5) is 4.79 Å². The van der Waals surface area contributed by atoms with E-state index in [1.165, 1.54) is 42.3 Å². The maximum atomic E-state index is 12.0. The third kappa shape index (κ3) is 3.55. The van der Waals surface area contributed by atoms with Gasteiger partial charge in [0, 0.05) is 12.3 Å². The van der Waals surface area contributed by atoms with Gasteiger partial charge in [0.2, 0.25) is 0 Å². The van der Waals surface area contributed by atoms with Gasteiger partial charge in [-0.3, -0.25) is 0 Å². The van der Waals surface area contributed by atoms with Crippen molar-refractivity contribution in [3.63, 3.8) is 0 Å². The number of urea groups is 1. The number of hydrogen-bond donors (Lipinski definition) is 2. The molecular weight excluding hydrogens is 264 g/mol. The van der Waals surface area contributed by atoms with Gasteiger partial charge >= 0.3 is 12.0 Å². The van der Waals surface area contributed by atoms with Crippen molar-refractivity contribution in [1.82, 2.24) is 10.2 Å². The van der Waals surface area contributed by atoms with Crippen molar-refractivity contribution in [1.29, 1.82) is 0 Å². The molecule has 108 valence electrons. The Hall–Kier alpha value is -0.910. The Bertz CT molecular complexity index is 351. The minimum atomic E-state index is -0.911. The monoisotopic (exact) mass is 286 g/mol. The Balaban J connectivity index is 1.82. The number of thioether (sulfide) groups is 1. The molecule has 1 saturated carbocycles. The molecule has 6 heteroatoms. The highest BCUT2D eigenvalue weighted by Gasteiger charge is 2.34. The zero-order chi connectivity index (χ0) is 13.8. The Morgan fingerprint density at radius 2 is 2.11 bits per heavy atom. The van der Waals surface area contributed by atoms with Gasteiger partial charge in [0.05, 0.1) is 5.88 Å². The second-order valence-corrected chi connectivity index (χ2v) is 6.53. The van der Waals surface area contributed by atoms with Crippen molar-refractivity contribution in [3.05, 3.63) is 0 Å². The van der Waals surface area contributed by atoms with Gasteiger partial charge in [0.25, 0.3) is 0 Å². The van der Waals surface area contributed by atoms with Crippen LogP contribution in [0.25, 0.3) is 0 Å². The lowest BCUT2D eigenvalue weighted by Gasteiger charge is -2.30. The van der Waals surface area contributed by atoms with Crippen LogP contribution in [0.3, 0.4) is 0 Å². The average Bonchev–Trinajstić information content (AvgIpc) is 2.87. The van der Waals surface area contributed by atoms with E-state index < -0.39 is 12.0 Å². The lowest BCUT2D eigenvalue weighted by molar-refractivity contribution is -0.140. The zero-order valence-corrected chi connectivity index (χ0v) is 12.1. The zero-order valence-electron chi connectivity index (χ0n) is 11.3. The van der Waals surface area contributed by atoms with Gasteiger partial charge < -0.3 is 15.3 Å². The molecule has 2 amide bonds. The summed E-state index contributed by atoms with van der Waals surface area (Å²) in [6.07, 6.45) is 4.92. The second kappa shape index (κ2) is 6.50. The van der Waals surface area contributed by atoms with Crippen molar-refractivity contribution < 1.29 is 14.7 Å². The fraction of sp³-hybridized carbons (Fsp3) is 0.846. The van der Waals surface area contributed by atoms with Gasteiger partial charge in [-0.05, 0) is 18.3 Å². The van der Waals surface area contributed by atoms with Crippen LogP contribution < -0.4 is 5.32 Å². The van der Waals surface area contributed by atoms with Gasteiger partial charge in [-0.15, -0.1) is 11.8 Å². The molecule has 0 aromatic heterocycles. The number of carboxylic acids is 1. The average molecular weight is 286 g/mol. The first-order valence-corrected chi connectivity index (χ1v) is 8.10. The summed E-state index contributed by atoms with van der Waals surface area (Å²) in [6, 6.07) is -0.899. The fourth-order valence-corrected chi connectivity index (χ4v) is 4.01. The van der Waals surface area contributed by atoms with Gasteiger partial charge in [-0.25, -0.2) is 9.59 Å². The maximum Gasteiger partial charge on any atom is 0.327 e. The standard InChI is InChI=1S/C13H22N2O3S/c1-9-4-2-3-5-10(9)6-14-13(18)15-8-19-7-11(15)12(16)17/h9-11H,2-8H2,1H3,(H,14,18)(H,16,17)/t9?,10?,11-/m0/s1. The van der Waals surface area contributed by atoms with Gasteiger partial charge in [-0.2, -0.15) is 0 Å². The summed E-state index contributed by atoms with van der Waals surface area (Å²) in [6.45, 7) is 2.91. The Morgan fingerprint density at radius 1 is 1.37 bits per heavy atom. The molecule has 0 aromatic carbocycles. The second-order valence-electron chi connectivity index (χ2n) is 5.53. The summed E-state index contributed by atoms with van der Waals surface area (Å²) < 4.78 is 0. The predicted octanol–water partition coefficient (Wildman–Crippen LogP) is 1.98. The number of nitrogens with one attached hydrogen (secondary N) is 1. The molecule has 19 heavy (non-hydrogen) atoms. The third-order valence-corrected chi connectivity index (χ3v) is 5.25. The molecule has 2 N–H and O–H groups in total. The Morgan fingerprint density at radius 3 is 2.79 bits per heavy atom. The molecule has 1 saturated heterocycles. The first-order valence-electron chi connectivity index (χ1n) is 6.94. The summed E-state index contributed by atoms with van der Waals surface area (Å²) in [7, 11) is 0. The van der Waals surface area contributed by atoms with Gasteiger partial charge in [0.15, 0.2) is 0 Å². The topological polar surface area (TPSA) is 69.6 Å². The van der Waals surface area contributed by atoms with E-state index in [-0.39, 0.29) is 6.03 Å². The predicted molar refractivity (Wildman–Crippen MR) is 75.1 cm³/mol. The van der Waals surface area contributed by atoms with E-state index in [1.807, 2.05) is 0 Å². The van der Waals surface area contributed by atoms with Crippen LogP contribution in [0.1, 0.15) is 32.6 Å². The largest absolute Gasteiger partial charge is 0.480 e. The van der Waals surface area contributed by atoms with Crippen molar-refractivity contribution in [2.24, 2.45) is 11.8 Å². The van der Waals surface area contributed by atoms with Gasteiger partial charge in [-0.1, -0.05) is 26.2 Å². The maximum absolute atomic E-state index is 12.0. The van der Waals surface area contributed by atoms with Crippen LogP contribution in [0.15, 0.2) is 0 Å². The van der Waals surface area contributed by atoms with Gasteiger partial charge in [0.1, 0.15) is 6.04 Å². The van der Waals surface area contributed by atoms with Crippen molar-refractivity contribution in [2.45, 2.75) is 38.6 Å². The van der Waals surface area contributed by atoms with Crippen molar-refractivity contribution in [2.75, 3.05) is 18.2 Å². The minimum Gasteiger partial charge on any atom is -0.480 e. The summed E-state index contributed by atoms with van der Waals surface area (Å²) in [5, 5.41) is 12.0. The summed E-state index contributed by atoms with van der Waals surface area (Å²) in [4.78, 5) is 24.5. The number of amides is 2. The number of carbonyl (C=O) groups excluding carboxylic acids is 1. The van der Waals surface area contributed by atoms with Crippen LogP contribution in [0, 0.1) is 11.8 Å². The first kappa shape index (κ1) is 14.5. The SMILES string of the molecule is CC1CCCCC1CNC(=O)N1CSC[C@H]1C(=O)O. The molecule has 0 spiro atoms. The highest BCUT2D eigenvalue weighted by atomic mass is 32.2. The molecule has 0 radical (unpaired) electrons. The lowest BCUT2D eigenvalue weighted by Crippen LogP contribution is -2.48. The Kier molecular flexibility index (Phi) is 4.96. The quantitative estimate of drug-likeness (QED) is 0.832. The number of hydrogen-bond acceptors (Lipinski definition) is 3. The van der Waals surface area contributed by atoms with E-state index in [0.717, 1.165) is 0 Å². The summed E-state index contributed by atoms with van der Waals surface area (Å²) in [5.41, 5.74) is 0. The van der Waals surface area contributed by atoms with E-state index >= 15 is 0 Å². The Labute approximate surface area is 118 Å². The highest BCUT2D eigenvalue weighted by Crippen LogP contribution is 2.29. The molecule has 2 fully saturated rings. The normalized spacial score (nSPS) is 31.2. The molecule has 1 aliphatic carbocycles. The molecule has 0 aromatic rings. The van der Waals surface area contributed by atoms with E-state index in [9.17, 15) is 9.59 Å². The van der Waals surface area contributed by atoms with E-state index in [1.54, 1.807) is 0 Å². The summed E-state index contributed by atoms with van der Waals surface area (Å²) >= 11 is 1.49. The molecule has 2 rings (SSSR count). The molecule has 2 unspecified atom stereocenters. The van der Waals surface area contributed by atoms with Crippen LogP contribution in [-0.2, 0) is 4.79 Å². The van der Waals surface area contributed by atoms with Crippen LogP contribution in [0.2, 0.25) is 0 Å².